The Morgan fingerprint density at radius 3 is 2.75 bits per heavy atom. The van der Waals surface area contributed by atoms with Crippen LogP contribution >= 0.6 is 0 Å². The molecule has 82 valence electrons. The quantitative estimate of drug-likeness (QED) is 0.762. The first-order valence-electron chi connectivity index (χ1n) is 5.39. The summed E-state index contributed by atoms with van der Waals surface area (Å²) in [5, 5.41) is 9.39. The van der Waals surface area contributed by atoms with Gasteiger partial charge in [0.05, 0.1) is 0 Å². The number of aromatic hydroxyl groups is 1. The highest BCUT2D eigenvalue weighted by atomic mass is 16.3. The Morgan fingerprint density at radius 1 is 1.19 bits per heavy atom. The SMILES string of the molecule is Cc1ccc(C)c(C[n+]2cccc(O)c2)c1. The Morgan fingerprint density at radius 2 is 2.00 bits per heavy atom. The first-order valence-corrected chi connectivity index (χ1v) is 5.39. The van der Waals surface area contributed by atoms with Crippen LogP contribution in [0.3, 0.4) is 0 Å². The summed E-state index contributed by atoms with van der Waals surface area (Å²) < 4.78 is 1.98. The number of rotatable bonds is 2. The normalized spacial score (nSPS) is 10.4. The molecular formula is C14H16NO+. The zero-order valence-electron chi connectivity index (χ0n) is 9.64. The van der Waals surface area contributed by atoms with E-state index < -0.39 is 0 Å². The summed E-state index contributed by atoms with van der Waals surface area (Å²) in [5.41, 5.74) is 3.83. The van der Waals surface area contributed by atoms with Gasteiger partial charge in [0.1, 0.15) is 0 Å². The second kappa shape index (κ2) is 4.35. The molecular weight excluding hydrogens is 198 g/mol. The first-order chi connectivity index (χ1) is 7.65. The van der Waals surface area contributed by atoms with E-state index in [-0.39, 0.29) is 0 Å². The molecule has 0 fully saturated rings. The molecule has 0 saturated carbocycles. The average Bonchev–Trinajstić information content (AvgIpc) is 2.24. The lowest BCUT2D eigenvalue weighted by molar-refractivity contribution is -0.688. The minimum Gasteiger partial charge on any atom is -0.503 e. The third-order valence-corrected chi connectivity index (χ3v) is 2.70. The maximum absolute atomic E-state index is 9.39. The molecule has 2 heteroatoms. The number of pyridine rings is 1. The van der Waals surface area contributed by atoms with Gasteiger partial charge >= 0.3 is 0 Å². The minimum absolute atomic E-state index is 0.299. The van der Waals surface area contributed by atoms with Crippen molar-refractivity contribution >= 4 is 0 Å². The van der Waals surface area contributed by atoms with E-state index in [4.69, 9.17) is 0 Å². The molecule has 0 aliphatic heterocycles. The molecule has 0 aliphatic rings. The maximum atomic E-state index is 9.39. The van der Waals surface area contributed by atoms with E-state index in [1.54, 1.807) is 12.3 Å². The third kappa shape index (κ3) is 2.40. The van der Waals surface area contributed by atoms with Crippen LogP contribution in [0.2, 0.25) is 0 Å². The molecule has 16 heavy (non-hydrogen) atoms. The summed E-state index contributed by atoms with van der Waals surface area (Å²) >= 11 is 0. The number of benzene rings is 1. The fourth-order valence-corrected chi connectivity index (χ4v) is 1.77. The highest BCUT2D eigenvalue weighted by molar-refractivity contribution is 5.29. The van der Waals surface area contributed by atoms with Crippen molar-refractivity contribution in [3.63, 3.8) is 0 Å². The molecule has 1 aromatic heterocycles. The van der Waals surface area contributed by atoms with E-state index in [1.807, 2.05) is 16.8 Å². The van der Waals surface area contributed by atoms with Crippen molar-refractivity contribution in [1.82, 2.24) is 0 Å². The largest absolute Gasteiger partial charge is 0.503 e. The van der Waals surface area contributed by atoms with Crippen LogP contribution in [-0.4, -0.2) is 5.11 Å². The average molecular weight is 214 g/mol. The topological polar surface area (TPSA) is 24.1 Å². The number of hydrogen-bond acceptors (Lipinski definition) is 1. The van der Waals surface area contributed by atoms with Crippen LogP contribution in [0, 0.1) is 13.8 Å². The molecule has 0 saturated heterocycles. The molecule has 0 aliphatic carbocycles. The van der Waals surface area contributed by atoms with Gasteiger partial charge in [-0.2, -0.15) is 4.57 Å². The monoisotopic (exact) mass is 214 g/mol. The zero-order chi connectivity index (χ0) is 11.5. The van der Waals surface area contributed by atoms with E-state index in [0.29, 0.717) is 5.75 Å². The molecule has 0 atom stereocenters. The van der Waals surface area contributed by atoms with Gasteiger partial charge in [0.15, 0.2) is 18.5 Å². The van der Waals surface area contributed by atoms with Crippen molar-refractivity contribution in [2.45, 2.75) is 20.4 Å². The smallest absolute Gasteiger partial charge is 0.211 e. The van der Waals surface area contributed by atoms with Crippen LogP contribution in [0.15, 0.2) is 42.7 Å². The molecule has 1 aromatic carbocycles. The minimum atomic E-state index is 0.299. The Labute approximate surface area is 95.8 Å². The molecule has 0 amide bonds. The number of nitrogens with zero attached hydrogens (tertiary/aromatic N) is 1. The second-order valence-electron chi connectivity index (χ2n) is 4.16. The van der Waals surface area contributed by atoms with Gasteiger partial charge in [0, 0.05) is 11.6 Å². The van der Waals surface area contributed by atoms with E-state index in [9.17, 15) is 5.11 Å². The van der Waals surface area contributed by atoms with Crippen LogP contribution in [0.1, 0.15) is 16.7 Å². The van der Waals surface area contributed by atoms with Crippen LogP contribution in [0.5, 0.6) is 5.75 Å². The molecule has 2 rings (SSSR count). The van der Waals surface area contributed by atoms with E-state index in [0.717, 1.165) is 6.54 Å². The highest BCUT2D eigenvalue weighted by Crippen LogP contribution is 2.10. The van der Waals surface area contributed by atoms with Crippen LogP contribution < -0.4 is 4.57 Å². The lowest BCUT2D eigenvalue weighted by Crippen LogP contribution is -2.33. The molecule has 0 radical (unpaired) electrons. The fraction of sp³-hybridized carbons (Fsp3) is 0.214. The van der Waals surface area contributed by atoms with Gasteiger partial charge in [-0.05, 0) is 31.5 Å². The highest BCUT2D eigenvalue weighted by Gasteiger charge is 2.06. The molecule has 0 unspecified atom stereocenters. The maximum Gasteiger partial charge on any atom is 0.211 e. The van der Waals surface area contributed by atoms with Crippen LogP contribution in [0.4, 0.5) is 0 Å². The lowest BCUT2D eigenvalue weighted by atomic mass is 10.1. The summed E-state index contributed by atoms with van der Waals surface area (Å²) in [6.45, 7) is 5.00. The van der Waals surface area contributed by atoms with Crippen molar-refractivity contribution in [3.05, 3.63) is 59.4 Å². The van der Waals surface area contributed by atoms with Crippen molar-refractivity contribution in [2.24, 2.45) is 0 Å². The summed E-state index contributed by atoms with van der Waals surface area (Å²) in [4.78, 5) is 0. The molecule has 0 spiro atoms. The van der Waals surface area contributed by atoms with E-state index in [1.165, 1.54) is 16.7 Å². The Bertz CT molecular complexity index is 506. The molecule has 2 nitrogen and oxygen atoms in total. The van der Waals surface area contributed by atoms with Gasteiger partial charge in [0.2, 0.25) is 6.20 Å². The van der Waals surface area contributed by atoms with Crippen molar-refractivity contribution in [2.75, 3.05) is 0 Å². The molecule has 1 N–H and O–H groups in total. The van der Waals surface area contributed by atoms with E-state index >= 15 is 0 Å². The van der Waals surface area contributed by atoms with Crippen LogP contribution in [-0.2, 0) is 6.54 Å². The fourth-order valence-electron chi connectivity index (χ4n) is 1.77. The van der Waals surface area contributed by atoms with Crippen molar-refractivity contribution in [3.8, 4) is 5.75 Å². The number of hydrogen-bond donors (Lipinski definition) is 1. The number of aromatic nitrogens is 1. The van der Waals surface area contributed by atoms with E-state index in [2.05, 4.69) is 32.0 Å². The second-order valence-corrected chi connectivity index (χ2v) is 4.16. The van der Waals surface area contributed by atoms with Gasteiger partial charge < -0.3 is 5.11 Å². The standard InChI is InChI=1S/C14H15NO/c1-11-5-6-12(2)13(8-11)9-15-7-3-4-14(16)10-15/h3-8,10H,9H2,1-2H3/p+1. The summed E-state index contributed by atoms with van der Waals surface area (Å²) in [6, 6.07) is 9.96. The van der Waals surface area contributed by atoms with Gasteiger partial charge in [-0.3, -0.25) is 0 Å². The Hall–Kier alpha value is -1.83. The summed E-state index contributed by atoms with van der Waals surface area (Å²) in [7, 11) is 0. The Kier molecular flexibility index (Phi) is 2.91. The third-order valence-electron chi connectivity index (χ3n) is 2.70. The van der Waals surface area contributed by atoms with Crippen molar-refractivity contribution in [1.29, 1.82) is 0 Å². The number of aryl methyl sites for hydroxylation is 2. The zero-order valence-corrected chi connectivity index (χ0v) is 9.64. The Balaban J connectivity index is 2.30. The first kappa shape index (κ1) is 10.7. The van der Waals surface area contributed by atoms with Crippen molar-refractivity contribution < 1.29 is 9.67 Å². The van der Waals surface area contributed by atoms with Gasteiger partial charge in [-0.15, -0.1) is 0 Å². The lowest BCUT2D eigenvalue weighted by Gasteiger charge is -2.04. The summed E-state index contributed by atoms with van der Waals surface area (Å²) in [5.74, 6) is 0.299. The predicted molar refractivity (Wildman–Crippen MR) is 63.3 cm³/mol. The predicted octanol–water partition coefficient (Wildman–Crippen LogP) is 2.34. The van der Waals surface area contributed by atoms with Gasteiger partial charge in [-0.1, -0.05) is 17.7 Å². The van der Waals surface area contributed by atoms with Gasteiger partial charge in [0.25, 0.3) is 0 Å². The molecule has 0 bridgehead atoms. The van der Waals surface area contributed by atoms with Crippen LogP contribution in [0.25, 0.3) is 0 Å². The summed E-state index contributed by atoms with van der Waals surface area (Å²) in [6.07, 6.45) is 3.70. The van der Waals surface area contributed by atoms with Gasteiger partial charge in [-0.25, -0.2) is 0 Å². The molecule has 1 heterocycles. The molecule has 2 aromatic rings.